The molecule has 6 nitrogen and oxygen atoms in total. The monoisotopic (exact) mass is 432 g/mol. The summed E-state index contributed by atoms with van der Waals surface area (Å²) in [4.78, 5) is 31.6. The second kappa shape index (κ2) is 9.28. The fraction of sp³-hybridized carbons (Fsp3) is 0.476. The van der Waals surface area contributed by atoms with Crippen LogP contribution in [0.5, 0.6) is 0 Å². The maximum atomic E-state index is 13.3. The zero-order chi connectivity index (χ0) is 20.2. The first-order valence-electron chi connectivity index (χ1n) is 10.2. The molecular formula is C21H26N3O3S2+. The highest BCUT2D eigenvalue weighted by molar-refractivity contribution is 7.99. The Balaban J connectivity index is 1.66. The molecule has 3 heterocycles. The van der Waals surface area contributed by atoms with E-state index in [1.54, 1.807) is 16.4 Å². The Morgan fingerprint density at radius 2 is 2.10 bits per heavy atom. The molecular weight excluding hydrogens is 406 g/mol. The number of carbonyl (C=O) groups excluding carboxylic acids is 1. The van der Waals surface area contributed by atoms with Crippen molar-refractivity contribution in [3.8, 4) is 0 Å². The van der Waals surface area contributed by atoms with Crippen molar-refractivity contribution in [3.05, 3.63) is 34.6 Å². The van der Waals surface area contributed by atoms with Crippen molar-refractivity contribution in [1.29, 1.82) is 0 Å². The fourth-order valence-electron chi connectivity index (χ4n) is 3.90. The van der Waals surface area contributed by atoms with E-state index in [1.165, 1.54) is 49.0 Å². The van der Waals surface area contributed by atoms with Crippen molar-refractivity contribution >= 4 is 49.4 Å². The van der Waals surface area contributed by atoms with Crippen LogP contribution in [0, 0.1) is 0 Å². The van der Waals surface area contributed by atoms with E-state index < -0.39 is 0 Å². The predicted octanol–water partition coefficient (Wildman–Crippen LogP) is 2.34. The molecule has 0 unspecified atom stereocenters. The lowest BCUT2D eigenvalue weighted by Gasteiger charge is -2.14. The van der Waals surface area contributed by atoms with E-state index in [-0.39, 0.29) is 17.3 Å². The van der Waals surface area contributed by atoms with Crippen LogP contribution in [0.4, 0.5) is 0 Å². The summed E-state index contributed by atoms with van der Waals surface area (Å²) < 4.78 is 8.57. The average molecular weight is 433 g/mol. The number of benzene rings is 1. The van der Waals surface area contributed by atoms with Crippen LogP contribution in [-0.2, 0) is 16.1 Å². The van der Waals surface area contributed by atoms with Gasteiger partial charge in [-0.2, -0.15) is 0 Å². The Morgan fingerprint density at radius 3 is 2.90 bits per heavy atom. The molecule has 1 fully saturated rings. The minimum atomic E-state index is -0.282. The number of hydrogen-bond donors (Lipinski definition) is 1. The number of likely N-dealkylation sites (tertiary alicyclic amines) is 1. The molecule has 154 valence electrons. The summed E-state index contributed by atoms with van der Waals surface area (Å²) in [6.45, 7) is 6.30. The number of rotatable bonds is 8. The summed E-state index contributed by atoms with van der Waals surface area (Å²) in [5.41, 5.74) is 0.738. The highest BCUT2D eigenvalue weighted by Gasteiger charge is 2.19. The average Bonchev–Trinajstić information content (AvgIpc) is 3.36. The molecule has 8 heteroatoms. The summed E-state index contributed by atoms with van der Waals surface area (Å²) in [6, 6.07) is 7.96. The molecule has 29 heavy (non-hydrogen) atoms. The molecule has 0 bridgehead atoms. The van der Waals surface area contributed by atoms with E-state index in [0.29, 0.717) is 23.0 Å². The van der Waals surface area contributed by atoms with Crippen molar-refractivity contribution in [3.63, 3.8) is 0 Å². The number of thiophene rings is 1. The number of hydrogen-bond acceptors (Lipinski definition) is 6. The number of quaternary nitrogens is 1. The minimum absolute atomic E-state index is 0.000944. The fourth-order valence-corrected chi connectivity index (χ4v) is 5.81. The van der Waals surface area contributed by atoms with Gasteiger partial charge in [-0.25, -0.2) is 4.98 Å². The third kappa shape index (κ3) is 4.49. The largest absolute Gasteiger partial charge is 0.465 e. The van der Waals surface area contributed by atoms with Gasteiger partial charge in [0.25, 0.3) is 5.56 Å². The Kier molecular flexibility index (Phi) is 6.52. The number of nitrogens with zero attached hydrogens (tertiary/aromatic N) is 2. The highest BCUT2D eigenvalue weighted by atomic mass is 32.2. The lowest BCUT2D eigenvalue weighted by Crippen LogP contribution is -3.10. The van der Waals surface area contributed by atoms with Gasteiger partial charge in [-0.1, -0.05) is 30.0 Å². The molecule has 1 aliphatic heterocycles. The number of nitrogens with one attached hydrogen (secondary N) is 1. The van der Waals surface area contributed by atoms with Crippen LogP contribution < -0.4 is 10.5 Å². The Hall–Kier alpha value is -1.90. The van der Waals surface area contributed by atoms with Gasteiger partial charge in [0, 0.05) is 35.9 Å². The van der Waals surface area contributed by atoms with Gasteiger partial charge in [0.1, 0.15) is 4.70 Å². The van der Waals surface area contributed by atoms with Crippen molar-refractivity contribution < 1.29 is 14.4 Å². The first-order valence-corrected chi connectivity index (χ1v) is 12.0. The molecule has 0 atom stereocenters. The maximum absolute atomic E-state index is 13.3. The van der Waals surface area contributed by atoms with Gasteiger partial charge in [0.15, 0.2) is 5.16 Å². The van der Waals surface area contributed by atoms with Crippen molar-refractivity contribution in [2.24, 2.45) is 0 Å². The van der Waals surface area contributed by atoms with E-state index in [0.717, 1.165) is 28.6 Å². The number of aromatic nitrogens is 2. The molecule has 1 aromatic carbocycles. The van der Waals surface area contributed by atoms with E-state index in [2.05, 4.69) is 0 Å². The van der Waals surface area contributed by atoms with E-state index in [1.807, 2.05) is 24.3 Å². The van der Waals surface area contributed by atoms with Crippen molar-refractivity contribution in [2.45, 2.75) is 37.9 Å². The number of thioether (sulfide) groups is 1. The molecule has 2 aromatic heterocycles. The van der Waals surface area contributed by atoms with Crippen LogP contribution in [0.1, 0.15) is 26.2 Å². The zero-order valence-electron chi connectivity index (χ0n) is 16.6. The predicted molar refractivity (Wildman–Crippen MR) is 118 cm³/mol. The first-order chi connectivity index (χ1) is 14.2. The van der Waals surface area contributed by atoms with Gasteiger partial charge in [0.2, 0.25) is 0 Å². The molecule has 1 saturated heterocycles. The van der Waals surface area contributed by atoms with Crippen LogP contribution in [0.15, 0.2) is 34.2 Å². The maximum Gasteiger partial charge on any atom is 0.316 e. The molecule has 4 rings (SSSR count). The lowest BCUT2D eigenvalue weighted by molar-refractivity contribution is -0.887. The topological polar surface area (TPSA) is 65.6 Å². The van der Waals surface area contributed by atoms with E-state index >= 15 is 0 Å². The first kappa shape index (κ1) is 20.4. The van der Waals surface area contributed by atoms with Gasteiger partial charge in [-0.05, 0) is 13.0 Å². The van der Waals surface area contributed by atoms with Gasteiger partial charge in [-0.15, -0.1) is 11.3 Å². The number of esters is 1. The van der Waals surface area contributed by atoms with Gasteiger partial charge < -0.3 is 9.64 Å². The van der Waals surface area contributed by atoms with Crippen LogP contribution in [0.25, 0.3) is 20.3 Å². The van der Waals surface area contributed by atoms with Gasteiger partial charge >= 0.3 is 5.97 Å². The minimum Gasteiger partial charge on any atom is -0.465 e. The smallest absolute Gasteiger partial charge is 0.316 e. The highest BCUT2D eigenvalue weighted by Crippen LogP contribution is 2.31. The summed E-state index contributed by atoms with van der Waals surface area (Å²) in [7, 11) is 0. The second-order valence-corrected chi connectivity index (χ2v) is 9.28. The Morgan fingerprint density at radius 1 is 1.31 bits per heavy atom. The lowest BCUT2D eigenvalue weighted by atomic mass is 10.2. The second-order valence-electron chi connectivity index (χ2n) is 7.28. The number of ether oxygens (including phenoxy) is 1. The van der Waals surface area contributed by atoms with E-state index in [4.69, 9.17) is 9.72 Å². The molecule has 1 aliphatic rings. The molecule has 1 N–H and O–H groups in total. The summed E-state index contributed by atoms with van der Waals surface area (Å²) in [5.74, 6) is -0.124. The molecule has 0 radical (unpaired) electrons. The third-order valence-electron chi connectivity index (χ3n) is 5.29. The molecule has 0 aliphatic carbocycles. The number of fused-ring (bicyclic) bond motifs is 3. The summed E-state index contributed by atoms with van der Waals surface area (Å²) in [5, 5.41) is 1.60. The van der Waals surface area contributed by atoms with E-state index in [9.17, 15) is 9.59 Å². The Bertz CT molecular complexity index is 1070. The normalized spacial score (nSPS) is 14.8. The SMILES string of the molecule is CCOC(=O)CSc1nc2c(sc3ccccc32)c(=O)n1CCC[NH+]1CCCC1. The molecule has 0 saturated carbocycles. The molecule has 3 aromatic rings. The van der Waals surface area contributed by atoms with Crippen molar-refractivity contribution in [2.75, 3.05) is 32.0 Å². The Labute approximate surface area is 177 Å². The molecule has 0 amide bonds. The van der Waals surface area contributed by atoms with Crippen LogP contribution in [0.2, 0.25) is 0 Å². The quantitative estimate of drug-likeness (QED) is 0.336. The van der Waals surface area contributed by atoms with Crippen molar-refractivity contribution in [1.82, 2.24) is 9.55 Å². The summed E-state index contributed by atoms with van der Waals surface area (Å²) >= 11 is 2.79. The summed E-state index contributed by atoms with van der Waals surface area (Å²) in [6.07, 6.45) is 3.52. The van der Waals surface area contributed by atoms with Crippen LogP contribution in [0.3, 0.4) is 0 Å². The van der Waals surface area contributed by atoms with Gasteiger partial charge in [-0.3, -0.25) is 14.2 Å². The molecule has 0 spiro atoms. The standard InChI is InChI=1S/C21H25N3O3S2/c1-2-27-17(25)14-28-21-22-18-15-8-3-4-9-16(15)29-19(18)20(26)24(21)13-7-12-23-10-5-6-11-23/h3-4,8-9H,2,5-7,10-14H2,1H3/p+1. The zero-order valence-corrected chi connectivity index (χ0v) is 18.2. The van der Waals surface area contributed by atoms with Crippen LogP contribution >= 0.6 is 23.1 Å². The van der Waals surface area contributed by atoms with Crippen LogP contribution in [-0.4, -0.2) is 47.5 Å². The van der Waals surface area contributed by atoms with Gasteiger partial charge in [0.05, 0.1) is 37.5 Å². The number of carbonyl (C=O) groups is 1. The third-order valence-corrected chi connectivity index (χ3v) is 7.39.